The van der Waals surface area contributed by atoms with Crippen LogP contribution in [0.15, 0.2) is 23.1 Å². The Morgan fingerprint density at radius 2 is 1.85 bits per heavy atom. The number of thiocarbonyl (C=S) groups is 1. The fourth-order valence-electron chi connectivity index (χ4n) is 2.81. The first-order valence-electron chi connectivity index (χ1n) is 8.01. The van der Waals surface area contributed by atoms with E-state index in [0.717, 1.165) is 22.4 Å². The van der Waals surface area contributed by atoms with Crippen molar-refractivity contribution in [3.63, 3.8) is 0 Å². The van der Waals surface area contributed by atoms with Gasteiger partial charge in [-0.2, -0.15) is 0 Å². The molecule has 1 heterocycles. The van der Waals surface area contributed by atoms with Gasteiger partial charge in [0.25, 0.3) is 5.56 Å². The van der Waals surface area contributed by atoms with E-state index in [4.69, 9.17) is 33.3 Å². The maximum atomic E-state index is 12.9. The molecule has 0 amide bonds. The molecule has 0 fully saturated rings. The average Bonchev–Trinajstić information content (AvgIpc) is 2.60. The van der Waals surface area contributed by atoms with Crippen LogP contribution < -0.4 is 10.9 Å². The number of aryl methyl sites for hydroxylation is 2. The highest BCUT2D eigenvalue weighted by atomic mass is 35.5. The highest BCUT2D eigenvalue weighted by Crippen LogP contribution is 2.24. The number of hydrogen-bond donors (Lipinski definition) is 1. The Morgan fingerprint density at radius 1 is 1.27 bits per heavy atom. The van der Waals surface area contributed by atoms with Crippen molar-refractivity contribution in [2.75, 3.05) is 32.8 Å². The van der Waals surface area contributed by atoms with Crippen LogP contribution in [0.1, 0.15) is 22.7 Å². The van der Waals surface area contributed by atoms with Crippen molar-refractivity contribution in [3.8, 4) is 0 Å². The summed E-state index contributed by atoms with van der Waals surface area (Å²) >= 11 is 11.1. The maximum absolute atomic E-state index is 12.9. The monoisotopic (exact) mass is 395 g/mol. The van der Waals surface area contributed by atoms with Crippen LogP contribution in [-0.4, -0.2) is 42.4 Å². The quantitative estimate of drug-likeness (QED) is 0.691. The number of hydrogen-bond acceptors (Lipinski definition) is 6. The average molecular weight is 396 g/mol. The van der Waals surface area contributed by atoms with Gasteiger partial charge in [0.15, 0.2) is 5.82 Å². The zero-order chi connectivity index (χ0) is 19.3. The van der Waals surface area contributed by atoms with Gasteiger partial charge in [-0.05, 0) is 42.7 Å². The molecular formula is C18H22ClN3O3S. The molecule has 0 radical (unpaired) electrons. The summed E-state index contributed by atoms with van der Waals surface area (Å²) in [6, 6.07) is 3.59. The number of anilines is 2. The lowest BCUT2D eigenvalue weighted by Gasteiger charge is -2.20. The fourth-order valence-corrected chi connectivity index (χ4v) is 3.13. The highest BCUT2D eigenvalue weighted by molar-refractivity contribution is 7.79. The van der Waals surface area contributed by atoms with Gasteiger partial charge in [-0.1, -0.05) is 23.8 Å². The molecule has 1 aromatic carbocycles. The lowest BCUT2D eigenvalue weighted by Crippen LogP contribution is -2.32. The minimum atomic E-state index is -0.307. The zero-order valence-electron chi connectivity index (χ0n) is 15.2. The second-order valence-corrected chi connectivity index (χ2v) is 6.58. The maximum Gasteiger partial charge on any atom is 0.294 e. The van der Waals surface area contributed by atoms with Crippen molar-refractivity contribution < 1.29 is 9.47 Å². The van der Waals surface area contributed by atoms with E-state index in [1.165, 1.54) is 10.8 Å². The van der Waals surface area contributed by atoms with Crippen molar-refractivity contribution in [3.05, 3.63) is 50.5 Å². The largest absolute Gasteiger partial charge is 0.382 e. The van der Waals surface area contributed by atoms with Crippen molar-refractivity contribution >= 4 is 40.7 Å². The van der Waals surface area contributed by atoms with Crippen molar-refractivity contribution in [2.24, 2.45) is 0 Å². The van der Waals surface area contributed by atoms with Crippen LogP contribution in [0.4, 0.5) is 11.5 Å². The summed E-state index contributed by atoms with van der Waals surface area (Å²) in [6.07, 6.45) is 1.49. The third kappa shape index (κ3) is 4.67. The van der Waals surface area contributed by atoms with Gasteiger partial charge in [0.05, 0.1) is 19.3 Å². The standard InChI is InChI=1S/C18H22ClN3O3S/c1-11-5-13(10-26)6-12(2)16(11)21-17-18(23)22(7-15(19)20-17)14(8-24-3)9-25-4/h5-7,10,14H,8-9H2,1-4H3,(H,20,21). The molecule has 0 aliphatic carbocycles. The van der Waals surface area contributed by atoms with E-state index in [1.807, 2.05) is 26.0 Å². The molecule has 0 bridgehead atoms. The summed E-state index contributed by atoms with van der Waals surface area (Å²) in [6.45, 7) is 4.52. The molecule has 2 aromatic rings. The molecule has 2 rings (SSSR count). The van der Waals surface area contributed by atoms with Crippen molar-refractivity contribution in [2.45, 2.75) is 19.9 Å². The molecule has 140 valence electrons. The summed E-state index contributed by atoms with van der Waals surface area (Å²) in [5.74, 6) is 0.149. The highest BCUT2D eigenvalue weighted by Gasteiger charge is 2.17. The summed E-state index contributed by atoms with van der Waals surface area (Å²) < 4.78 is 11.9. The first-order valence-corrected chi connectivity index (χ1v) is 8.86. The van der Waals surface area contributed by atoms with E-state index < -0.39 is 0 Å². The van der Waals surface area contributed by atoms with Gasteiger partial charge in [-0.25, -0.2) is 4.98 Å². The number of aromatic nitrogens is 2. The Labute approximate surface area is 163 Å². The zero-order valence-corrected chi connectivity index (χ0v) is 16.8. The minimum absolute atomic E-state index is 0.149. The summed E-state index contributed by atoms with van der Waals surface area (Å²) in [7, 11) is 3.14. The molecule has 0 saturated carbocycles. The molecule has 0 saturated heterocycles. The Bertz CT molecular complexity index is 825. The third-order valence-corrected chi connectivity index (χ3v) is 4.40. The number of methoxy groups -OCH3 is 2. The minimum Gasteiger partial charge on any atom is -0.382 e. The van der Waals surface area contributed by atoms with Crippen LogP contribution in [0.25, 0.3) is 0 Å². The molecule has 0 unspecified atom stereocenters. The summed E-state index contributed by atoms with van der Waals surface area (Å²) in [4.78, 5) is 17.1. The van der Waals surface area contributed by atoms with Crippen LogP contribution in [0.5, 0.6) is 0 Å². The predicted octanol–water partition coefficient (Wildman–Crippen LogP) is 3.44. The molecule has 1 N–H and O–H groups in total. The van der Waals surface area contributed by atoms with Crippen molar-refractivity contribution in [1.82, 2.24) is 9.55 Å². The molecule has 0 aliphatic heterocycles. The van der Waals surface area contributed by atoms with Gasteiger partial charge in [0.2, 0.25) is 0 Å². The Hall–Kier alpha value is -1.80. The molecule has 0 atom stereocenters. The molecule has 6 nitrogen and oxygen atoms in total. The van der Waals surface area contributed by atoms with Crippen molar-refractivity contribution in [1.29, 1.82) is 0 Å². The normalized spacial score (nSPS) is 11.0. The first kappa shape index (κ1) is 20.5. The topological polar surface area (TPSA) is 65.4 Å². The van der Waals surface area contributed by atoms with E-state index >= 15 is 0 Å². The first-order chi connectivity index (χ1) is 12.4. The molecule has 0 aliphatic rings. The number of benzene rings is 1. The van der Waals surface area contributed by atoms with E-state index in [-0.39, 0.29) is 22.6 Å². The number of ether oxygens (including phenoxy) is 2. The van der Waals surface area contributed by atoms with Crippen LogP contribution in [0.3, 0.4) is 0 Å². The Balaban J connectivity index is 2.48. The lowest BCUT2D eigenvalue weighted by molar-refractivity contribution is 0.0879. The van der Waals surface area contributed by atoms with Crippen LogP contribution in [-0.2, 0) is 9.47 Å². The molecule has 1 aromatic heterocycles. The van der Waals surface area contributed by atoms with E-state index in [2.05, 4.69) is 10.3 Å². The van der Waals surface area contributed by atoms with Gasteiger partial charge in [0.1, 0.15) is 5.15 Å². The number of nitrogens with zero attached hydrogens (tertiary/aromatic N) is 2. The fraction of sp³-hybridized carbons (Fsp3) is 0.389. The Morgan fingerprint density at radius 3 is 2.35 bits per heavy atom. The van der Waals surface area contributed by atoms with Crippen LogP contribution >= 0.6 is 23.8 Å². The van der Waals surface area contributed by atoms with E-state index in [0.29, 0.717) is 13.2 Å². The van der Waals surface area contributed by atoms with Gasteiger partial charge >= 0.3 is 0 Å². The van der Waals surface area contributed by atoms with Crippen LogP contribution in [0.2, 0.25) is 5.15 Å². The van der Waals surface area contributed by atoms with Gasteiger partial charge in [0, 0.05) is 31.5 Å². The van der Waals surface area contributed by atoms with Gasteiger partial charge in [-0.3, -0.25) is 4.79 Å². The van der Waals surface area contributed by atoms with Gasteiger partial charge in [-0.15, -0.1) is 0 Å². The third-order valence-electron chi connectivity index (χ3n) is 3.95. The number of rotatable bonds is 8. The Kier molecular flexibility index (Phi) is 7.28. The second kappa shape index (κ2) is 9.23. The number of halogens is 1. The van der Waals surface area contributed by atoms with Gasteiger partial charge < -0.3 is 19.4 Å². The lowest BCUT2D eigenvalue weighted by atomic mass is 10.1. The molecule has 0 spiro atoms. The summed E-state index contributed by atoms with van der Waals surface area (Å²) in [5, 5.41) is 4.95. The van der Waals surface area contributed by atoms with E-state index in [1.54, 1.807) is 19.6 Å². The predicted molar refractivity (Wildman–Crippen MR) is 108 cm³/mol. The molecule has 26 heavy (non-hydrogen) atoms. The molecule has 8 heteroatoms. The number of nitrogens with one attached hydrogen (secondary N) is 1. The van der Waals surface area contributed by atoms with Crippen LogP contribution in [0, 0.1) is 13.8 Å². The SMILES string of the molecule is COCC(COC)n1cc(Cl)nc(Nc2c(C)cc(C=S)cc2C)c1=O. The molecular weight excluding hydrogens is 374 g/mol. The summed E-state index contributed by atoms with van der Waals surface area (Å²) in [5.41, 5.74) is 3.36. The smallest absolute Gasteiger partial charge is 0.294 e. The second-order valence-electron chi connectivity index (χ2n) is 5.96. The van der Waals surface area contributed by atoms with E-state index in [9.17, 15) is 4.79 Å².